The van der Waals surface area contributed by atoms with Gasteiger partial charge in [0.05, 0.1) is 0 Å². The van der Waals surface area contributed by atoms with Crippen molar-refractivity contribution in [1.82, 2.24) is 4.31 Å². The van der Waals surface area contributed by atoms with Gasteiger partial charge in [0.15, 0.2) is 5.50 Å². The second-order valence-corrected chi connectivity index (χ2v) is 15.4. The summed E-state index contributed by atoms with van der Waals surface area (Å²) in [5, 5.41) is 14.6. The van der Waals surface area contributed by atoms with Crippen LogP contribution in [-0.4, -0.2) is 38.7 Å². The van der Waals surface area contributed by atoms with E-state index in [4.69, 9.17) is 9.98 Å². The second-order valence-electron chi connectivity index (χ2n) is 13.2. The molecule has 7 heteroatoms. The van der Waals surface area contributed by atoms with Crippen molar-refractivity contribution in [3.63, 3.8) is 0 Å². The lowest BCUT2D eigenvalue weighted by Gasteiger charge is -2.30. The number of benzene rings is 1. The van der Waals surface area contributed by atoms with Crippen molar-refractivity contribution >= 4 is 41.7 Å². The maximum atomic E-state index is 11.1. The zero-order valence-electron chi connectivity index (χ0n) is 26.8. The molecule has 1 aromatic carbocycles. The lowest BCUT2D eigenvalue weighted by molar-refractivity contribution is 0.423. The molecule has 1 atom stereocenters. The van der Waals surface area contributed by atoms with E-state index in [2.05, 4.69) is 77.1 Å². The molecule has 40 heavy (non-hydrogen) atoms. The Morgan fingerprint density at radius 2 is 1.27 bits per heavy atom. The molecule has 0 saturated carbocycles. The average Bonchev–Trinajstić information content (AvgIpc) is 2.88. The summed E-state index contributed by atoms with van der Waals surface area (Å²) in [6.45, 7) is 17.4. The van der Waals surface area contributed by atoms with Gasteiger partial charge in [0.2, 0.25) is 5.96 Å². The van der Waals surface area contributed by atoms with E-state index in [9.17, 15) is 5.11 Å². The van der Waals surface area contributed by atoms with Gasteiger partial charge in [-0.2, -0.15) is 0 Å². The first-order valence-corrected chi connectivity index (χ1v) is 17.8. The predicted octanol–water partition coefficient (Wildman–Crippen LogP) is 10.5. The van der Waals surface area contributed by atoms with Crippen molar-refractivity contribution < 1.29 is 5.11 Å². The highest BCUT2D eigenvalue weighted by atomic mass is 32.2. The summed E-state index contributed by atoms with van der Waals surface area (Å²) >= 11 is 3.78. The molecule has 1 aliphatic rings. The summed E-state index contributed by atoms with van der Waals surface area (Å²) in [7, 11) is 0. The van der Waals surface area contributed by atoms with Gasteiger partial charge in [0.1, 0.15) is 12.1 Å². The molecule has 1 aliphatic heterocycles. The Morgan fingerprint density at radius 1 is 0.775 bits per heavy atom. The van der Waals surface area contributed by atoms with Crippen LogP contribution in [0.1, 0.15) is 144 Å². The van der Waals surface area contributed by atoms with Gasteiger partial charge in [-0.25, -0.2) is 9.98 Å². The number of aromatic hydroxyl groups is 1. The third-order valence-electron chi connectivity index (χ3n) is 7.23. The molecule has 0 aliphatic carbocycles. The smallest absolute Gasteiger partial charge is 0.226 e. The van der Waals surface area contributed by atoms with Crippen molar-refractivity contribution in [1.29, 1.82) is 0 Å². The minimum atomic E-state index is -0.182. The molecule has 2 rings (SSSR count). The third-order valence-corrected chi connectivity index (χ3v) is 9.58. The van der Waals surface area contributed by atoms with Crippen molar-refractivity contribution in [3.8, 4) is 5.75 Å². The number of nitrogens with zero attached hydrogens (tertiary/aromatic N) is 3. The van der Waals surface area contributed by atoms with Crippen LogP contribution in [0.3, 0.4) is 0 Å². The summed E-state index contributed by atoms with van der Waals surface area (Å²) < 4.78 is 2.25. The summed E-state index contributed by atoms with van der Waals surface area (Å²) in [4.78, 5) is 9.79. The Kier molecular flexibility index (Phi) is 15.3. The highest BCUT2D eigenvalue weighted by Crippen LogP contribution is 2.41. The molecule has 0 aromatic heterocycles. The first-order valence-electron chi connectivity index (χ1n) is 15.8. The first kappa shape index (κ1) is 34.9. The van der Waals surface area contributed by atoms with Crippen molar-refractivity contribution in [2.24, 2.45) is 9.98 Å². The average molecular weight is 591 g/mol. The van der Waals surface area contributed by atoms with E-state index in [1.54, 1.807) is 0 Å². The van der Waals surface area contributed by atoms with Crippen LogP contribution in [-0.2, 0) is 10.8 Å². The van der Waals surface area contributed by atoms with Crippen molar-refractivity contribution in [2.45, 2.75) is 149 Å². The fraction of sp³-hybridized carbons (Fsp3) is 0.758. The van der Waals surface area contributed by atoms with E-state index in [-0.39, 0.29) is 16.3 Å². The van der Waals surface area contributed by atoms with Gasteiger partial charge in [0, 0.05) is 22.6 Å². The SMILES string of the molecule is CCCCCCCCSC1N=C(Nc2cc(C(C)(C)C)c(O)c(C(C)(C)C)c2)N=CN1SCCCCCCCC. The molecule has 0 bridgehead atoms. The fourth-order valence-electron chi connectivity index (χ4n) is 4.74. The molecule has 228 valence electrons. The Labute approximate surface area is 255 Å². The van der Waals surface area contributed by atoms with E-state index in [1.807, 2.05) is 30.0 Å². The largest absolute Gasteiger partial charge is 0.507 e. The number of thioether (sulfide) groups is 1. The number of aliphatic imine (C=N–C) groups is 2. The molecule has 0 amide bonds. The van der Waals surface area contributed by atoms with Gasteiger partial charge in [-0.05, 0) is 53.5 Å². The van der Waals surface area contributed by atoms with Gasteiger partial charge in [-0.1, -0.05) is 120 Å². The Balaban J connectivity index is 2.12. The second kappa shape index (κ2) is 17.6. The number of anilines is 1. The van der Waals surface area contributed by atoms with Gasteiger partial charge in [-0.3, -0.25) is 4.31 Å². The summed E-state index contributed by atoms with van der Waals surface area (Å²) in [5.74, 6) is 3.25. The molecule has 2 N–H and O–H groups in total. The maximum Gasteiger partial charge on any atom is 0.226 e. The molecule has 1 unspecified atom stereocenters. The lowest BCUT2D eigenvalue weighted by atomic mass is 9.79. The Hall–Kier alpha value is -1.34. The molecule has 5 nitrogen and oxygen atoms in total. The molecule has 1 aromatic rings. The van der Waals surface area contributed by atoms with E-state index in [0.717, 1.165) is 28.3 Å². The predicted molar refractivity (Wildman–Crippen MR) is 182 cm³/mol. The molecule has 0 spiro atoms. The van der Waals surface area contributed by atoms with Crippen molar-refractivity contribution in [2.75, 3.05) is 16.8 Å². The summed E-state index contributed by atoms with van der Waals surface area (Å²) in [5.41, 5.74) is 2.46. The number of phenols is 1. The third kappa shape index (κ3) is 12.3. The van der Waals surface area contributed by atoms with Crippen LogP contribution >= 0.6 is 23.7 Å². The number of rotatable bonds is 17. The van der Waals surface area contributed by atoms with Crippen molar-refractivity contribution in [3.05, 3.63) is 23.3 Å². The molecular weight excluding hydrogens is 533 g/mol. The molecule has 1 heterocycles. The van der Waals surface area contributed by atoms with Crippen LogP contribution in [0.15, 0.2) is 22.1 Å². The van der Waals surface area contributed by atoms with E-state index in [1.165, 1.54) is 77.0 Å². The van der Waals surface area contributed by atoms with Gasteiger partial charge < -0.3 is 10.4 Å². The highest BCUT2D eigenvalue weighted by Gasteiger charge is 2.27. The van der Waals surface area contributed by atoms with Crippen LogP contribution in [0.2, 0.25) is 0 Å². The number of nitrogens with one attached hydrogen (secondary N) is 1. The van der Waals surface area contributed by atoms with E-state index in [0.29, 0.717) is 11.7 Å². The summed E-state index contributed by atoms with van der Waals surface area (Å²) in [6.07, 6.45) is 17.7. The Morgan fingerprint density at radius 3 is 1.80 bits per heavy atom. The fourth-order valence-corrected chi connectivity index (χ4v) is 6.89. The normalized spacial score (nSPS) is 15.9. The molecule has 0 radical (unpaired) electrons. The van der Waals surface area contributed by atoms with Crippen LogP contribution in [0, 0.1) is 0 Å². The van der Waals surface area contributed by atoms with Crippen LogP contribution in [0.25, 0.3) is 0 Å². The van der Waals surface area contributed by atoms with E-state index >= 15 is 0 Å². The quantitative estimate of drug-likeness (QED) is 0.107. The summed E-state index contributed by atoms with van der Waals surface area (Å²) in [6, 6.07) is 4.11. The highest BCUT2D eigenvalue weighted by molar-refractivity contribution is 8.02. The standard InChI is InChI=1S/C33H58N4OS2/c1-9-11-13-15-17-19-21-39-31-36-30(34-25-37(31)40-22-20-18-16-14-12-10-2)35-26-23-27(32(3,4)5)29(38)28(24-26)33(6,7)8/h23-25,31,38H,9-22H2,1-8H3,(H,35,36). The molecule has 0 fully saturated rings. The van der Waals surface area contributed by atoms with Gasteiger partial charge in [0.25, 0.3) is 0 Å². The molecule has 0 saturated heterocycles. The van der Waals surface area contributed by atoms with Crippen LogP contribution in [0.4, 0.5) is 5.69 Å². The number of phenolic OH excluding ortho intramolecular Hbond substituents is 1. The van der Waals surface area contributed by atoms with Gasteiger partial charge in [-0.15, -0.1) is 11.8 Å². The number of unbranched alkanes of at least 4 members (excludes halogenated alkanes) is 10. The van der Waals surface area contributed by atoms with Crippen LogP contribution < -0.4 is 5.32 Å². The molecular formula is C33H58N4OS2. The van der Waals surface area contributed by atoms with Crippen LogP contribution in [0.5, 0.6) is 5.75 Å². The minimum Gasteiger partial charge on any atom is -0.507 e. The minimum absolute atomic E-state index is 0.0158. The van der Waals surface area contributed by atoms with Gasteiger partial charge >= 0.3 is 0 Å². The first-order chi connectivity index (χ1) is 19.0. The lowest BCUT2D eigenvalue weighted by Crippen LogP contribution is -2.32. The number of hydrogen-bond acceptors (Lipinski definition) is 7. The monoisotopic (exact) mass is 590 g/mol. The zero-order valence-corrected chi connectivity index (χ0v) is 28.4. The number of hydrogen-bond donors (Lipinski definition) is 2. The topological polar surface area (TPSA) is 60.2 Å². The number of guanidine groups is 1. The zero-order chi connectivity index (χ0) is 29.6. The maximum absolute atomic E-state index is 11.1. The Bertz CT molecular complexity index is 898. The van der Waals surface area contributed by atoms with E-state index < -0.39 is 0 Å².